The molecule has 0 heterocycles. The smallest absolute Gasteiger partial charge is 0.213 e. The SMILES string of the molecule is CN(C)N(c1ccccc1)S(C)(=O)=O. The summed E-state index contributed by atoms with van der Waals surface area (Å²) in [6.07, 6.45) is 1.18. The summed E-state index contributed by atoms with van der Waals surface area (Å²) in [7, 11) is 0.119. The molecular formula is C9H14N2O2S. The van der Waals surface area contributed by atoms with Gasteiger partial charge in [-0.15, -0.1) is 0 Å². The van der Waals surface area contributed by atoms with Crippen molar-refractivity contribution in [1.82, 2.24) is 5.01 Å². The summed E-state index contributed by atoms with van der Waals surface area (Å²) in [6, 6.07) is 8.95. The number of para-hydroxylation sites is 1. The number of hydrazine groups is 1. The molecular weight excluding hydrogens is 200 g/mol. The molecule has 0 aromatic heterocycles. The molecule has 0 aliphatic carbocycles. The molecule has 0 atom stereocenters. The van der Waals surface area contributed by atoms with Crippen LogP contribution in [0.3, 0.4) is 0 Å². The van der Waals surface area contributed by atoms with E-state index in [-0.39, 0.29) is 0 Å². The minimum absolute atomic E-state index is 0.639. The van der Waals surface area contributed by atoms with Gasteiger partial charge < -0.3 is 0 Å². The molecule has 4 nitrogen and oxygen atoms in total. The standard InChI is InChI=1S/C9H14N2O2S/c1-10(2)11(14(3,12)13)9-7-5-4-6-8-9/h4-8H,1-3H3. The van der Waals surface area contributed by atoms with Crippen molar-refractivity contribution in [1.29, 1.82) is 0 Å². The minimum atomic E-state index is -3.26. The summed E-state index contributed by atoms with van der Waals surface area (Å²) in [5.74, 6) is 0. The lowest BCUT2D eigenvalue weighted by Crippen LogP contribution is -2.41. The number of rotatable bonds is 3. The first-order valence-electron chi connectivity index (χ1n) is 4.15. The van der Waals surface area contributed by atoms with Gasteiger partial charge in [0.2, 0.25) is 10.0 Å². The molecule has 0 spiro atoms. The molecule has 14 heavy (non-hydrogen) atoms. The van der Waals surface area contributed by atoms with E-state index in [0.717, 1.165) is 0 Å². The van der Waals surface area contributed by atoms with Crippen LogP contribution in [0.25, 0.3) is 0 Å². The normalized spacial score (nSPS) is 11.7. The van der Waals surface area contributed by atoms with Crippen LogP contribution in [0.1, 0.15) is 0 Å². The molecule has 1 aromatic carbocycles. The third kappa shape index (κ3) is 2.46. The predicted octanol–water partition coefficient (Wildman–Crippen LogP) is 0.929. The van der Waals surface area contributed by atoms with Crippen LogP contribution < -0.4 is 4.41 Å². The fraction of sp³-hybridized carbons (Fsp3) is 0.333. The monoisotopic (exact) mass is 214 g/mol. The summed E-state index contributed by atoms with van der Waals surface area (Å²) in [5.41, 5.74) is 0.639. The van der Waals surface area contributed by atoms with E-state index in [1.165, 1.54) is 15.7 Å². The Morgan fingerprint density at radius 1 is 1.07 bits per heavy atom. The van der Waals surface area contributed by atoms with Gasteiger partial charge in [0.05, 0.1) is 11.9 Å². The Labute approximate surface area is 84.8 Å². The Balaban J connectivity index is 3.15. The lowest BCUT2D eigenvalue weighted by molar-refractivity contribution is 0.426. The highest BCUT2D eigenvalue weighted by atomic mass is 32.2. The Hall–Kier alpha value is -1.07. The van der Waals surface area contributed by atoms with Crippen molar-refractivity contribution >= 4 is 15.7 Å². The van der Waals surface area contributed by atoms with Crippen LogP contribution in [0.2, 0.25) is 0 Å². The van der Waals surface area contributed by atoms with Crippen LogP contribution in [-0.2, 0) is 10.0 Å². The van der Waals surface area contributed by atoms with E-state index in [2.05, 4.69) is 0 Å². The Kier molecular flexibility index (Phi) is 3.13. The van der Waals surface area contributed by atoms with Crippen LogP contribution in [0.15, 0.2) is 30.3 Å². The van der Waals surface area contributed by atoms with Gasteiger partial charge in [-0.2, -0.15) is 0 Å². The summed E-state index contributed by atoms with van der Waals surface area (Å²) in [4.78, 5) is 0. The second-order valence-corrected chi connectivity index (χ2v) is 5.00. The number of nitrogens with zero attached hydrogens (tertiary/aromatic N) is 2. The van der Waals surface area contributed by atoms with E-state index in [9.17, 15) is 8.42 Å². The first-order chi connectivity index (χ1) is 6.43. The van der Waals surface area contributed by atoms with Gasteiger partial charge in [0.15, 0.2) is 0 Å². The molecule has 5 heteroatoms. The van der Waals surface area contributed by atoms with Crippen molar-refractivity contribution in [2.45, 2.75) is 0 Å². The van der Waals surface area contributed by atoms with Crippen LogP contribution >= 0.6 is 0 Å². The van der Waals surface area contributed by atoms with Crippen molar-refractivity contribution in [2.75, 3.05) is 24.8 Å². The summed E-state index contributed by atoms with van der Waals surface area (Å²) in [5, 5.41) is 1.53. The molecule has 0 saturated carbocycles. The number of hydrogen-bond acceptors (Lipinski definition) is 3. The fourth-order valence-electron chi connectivity index (χ4n) is 1.27. The highest BCUT2D eigenvalue weighted by Gasteiger charge is 2.18. The maximum atomic E-state index is 11.5. The third-order valence-corrected chi connectivity index (χ3v) is 2.82. The van der Waals surface area contributed by atoms with E-state index in [1.54, 1.807) is 38.4 Å². The molecule has 1 aromatic rings. The summed E-state index contributed by atoms with van der Waals surface area (Å²) >= 11 is 0. The second-order valence-electron chi connectivity index (χ2n) is 3.19. The van der Waals surface area contributed by atoms with Crippen LogP contribution in [0.4, 0.5) is 5.69 Å². The maximum absolute atomic E-state index is 11.5. The zero-order valence-corrected chi connectivity index (χ0v) is 9.32. The van der Waals surface area contributed by atoms with E-state index < -0.39 is 10.0 Å². The van der Waals surface area contributed by atoms with E-state index in [1.807, 2.05) is 6.07 Å². The molecule has 0 bridgehead atoms. The molecule has 0 aliphatic heterocycles. The first kappa shape index (κ1) is 11.0. The van der Waals surface area contributed by atoms with Crippen molar-refractivity contribution in [3.8, 4) is 0 Å². The topological polar surface area (TPSA) is 40.6 Å². The predicted molar refractivity (Wildman–Crippen MR) is 57.5 cm³/mol. The molecule has 0 radical (unpaired) electrons. The van der Waals surface area contributed by atoms with Crippen molar-refractivity contribution < 1.29 is 8.42 Å². The van der Waals surface area contributed by atoms with Crippen LogP contribution in [0.5, 0.6) is 0 Å². The van der Waals surface area contributed by atoms with Gasteiger partial charge in [-0.25, -0.2) is 17.8 Å². The molecule has 0 amide bonds. The van der Waals surface area contributed by atoms with E-state index >= 15 is 0 Å². The number of sulfonamides is 1. The molecule has 0 fully saturated rings. The average Bonchev–Trinajstić information content (AvgIpc) is 2.02. The Bertz CT molecular complexity index is 387. The fourth-order valence-corrected chi connectivity index (χ4v) is 2.37. The average molecular weight is 214 g/mol. The van der Waals surface area contributed by atoms with Gasteiger partial charge in [-0.05, 0) is 12.1 Å². The second kappa shape index (κ2) is 3.98. The molecule has 0 aliphatic rings. The van der Waals surface area contributed by atoms with Crippen LogP contribution in [-0.4, -0.2) is 33.8 Å². The number of benzene rings is 1. The third-order valence-electron chi connectivity index (χ3n) is 1.65. The number of anilines is 1. The summed E-state index contributed by atoms with van der Waals surface area (Å²) in [6.45, 7) is 0. The zero-order chi connectivity index (χ0) is 10.8. The minimum Gasteiger partial charge on any atom is -0.213 e. The molecule has 0 N–H and O–H groups in total. The van der Waals surface area contributed by atoms with Gasteiger partial charge in [-0.3, -0.25) is 0 Å². The van der Waals surface area contributed by atoms with E-state index in [4.69, 9.17) is 0 Å². The maximum Gasteiger partial charge on any atom is 0.245 e. The quantitative estimate of drug-likeness (QED) is 0.703. The molecule has 0 unspecified atom stereocenters. The van der Waals surface area contributed by atoms with Crippen molar-refractivity contribution in [2.24, 2.45) is 0 Å². The summed E-state index contributed by atoms with van der Waals surface area (Å²) < 4.78 is 24.2. The van der Waals surface area contributed by atoms with Gasteiger partial charge in [0.25, 0.3) is 0 Å². The van der Waals surface area contributed by atoms with Gasteiger partial charge in [0.1, 0.15) is 0 Å². The van der Waals surface area contributed by atoms with Crippen molar-refractivity contribution in [3.05, 3.63) is 30.3 Å². The highest BCUT2D eigenvalue weighted by molar-refractivity contribution is 7.92. The largest absolute Gasteiger partial charge is 0.245 e. The van der Waals surface area contributed by atoms with Crippen LogP contribution in [0, 0.1) is 0 Å². The lowest BCUT2D eigenvalue weighted by atomic mass is 10.3. The Morgan fingerprint density at radius 3 is 1.93 bits per heavy atom. The Morgan fingerprint density at radius 2 is 1.57 bits per heavy atom. The van der Waals surface area contributed by atoms with Gasteiger partial charge in [0, 0.05) is 14.1 Å². The molecule has 0 saturated heterocycles. The highest BCUT2D eigenvalue weighted by Crippen LogP contribution is 2.16. The molecule has 78 valence electrons. The van der Waals surface area contributed by atoms with Crippen molar-refractivity contribution in [3.63, 3.8) is 0 Å². The zero-order valence-electron chi connectivity index (χ0n) is 8.51. The number of hydrogen-bond donors (Lipinski definition) is 0. The first-order valence-corrected chi connectivity index (χ1v) is 6.00. The molecule has 1 rings (SSSR count). The van der Waals surface area contributed by atoms with Gasteiger partial charge in [-0.1, -0.05) is 18.2 Å². The van der Waals surface area contributed by atoms with Gasteiger partial charge >= 0.3 is 0 Å². The lowest BCUT2D eigenvalue weighted by Gasteiger charge is -2.28. The van der Waals surface area contributed by atoms with E-state index in [0.29, 0.717) is 5.69 Å².